The average Bonchev–Trinajstić information content (AvgIpc) is 2.58. The molecule has 0 fully saturated rings. The number of imidazole rings is 1. The largest absolute Gasteiger partial charge is 0.322 e. The lowest BCUT2D eigenvalue weighted by Crippen LogP contribution is -2.26. The van der Waals surface area contributed by atoms with Gasteiger partial charge in [0.2, 0.25) is 0 Å². The van der Waals surface area contributed by atoms with Crippen molar-refractivity contribution in [3.05, 3.63) is 36.3 Å². The number of nitrogens with zero attached hydrogens (tertiary/aromatic N) is 2. The van der Waals surface area contributed by atoms with E-state index in [1.807, 2.05) is 35.0 Å². The summed E-state index contributed by atoms with van der Waals surface area (Å²) in [7, 11) is 0. The van der Waals surface area contributed by atoms with Crippen LogP contribution in [0.25, 0.3) is 5.65 Å². The minimum absolute atomic E-state index is 0. The Morgan fingerprint density at radius 3 is 2.41 bits per heavy atom. The zero-order valence-corrected chi connectivity index (χ0v) is 11.9. The molecule has 96 valence electrons. The normalized spacial score (nSPS) is 12.7. The van der Waals surface area contributed by atoms with Gasteiger partial charge in [0.05, 0.1) is 11.7 Å². The van der Waals surface area contributed by atoms with Crippen molar-refractivity contribution < 1.29 is 0 Å². The predicted octanol–water partition coefficient (Wildman–Crippen LogP) is 3.22. The predicted molar refractivity (Wildman–Crippen MR) is 76.1 cm³/mol. The minimum atomic E-state index is -0.0302. The van der Waals surface area contributed by atoms with Crippen LogP contribution >= 0.6 is 24.8 Å². The van der Waals surface area contributed by atoms with E-state index in [1.165, 1.54) is 0 Å². The quantitative estimate of drug-likeness (QED) is 0.869. The molecule has 0 saturated heterocycles. The summed E-state index contributed by atoms with van der Waals surface area (Å²) in [6, 6.07) is 5.92. The first kappa shape index (κ1) is 16.2. The second kappa shape index (κ2) is 5.71. The van der Waals surface area contributed by atoms with Crippen LogP contribution in [0.3, 0.4) is 0 Å². The van der Waals surface area contributed by atoms with E-state index in [2.05, 4.69) is 25.8 Å². The van der Waals surface area contributed by atoms with Crippen molar-refractivity contribution in [2.75, 3.05) is 0 Å². The summed E-state index contributed by atoms with van der Waals surface area (Å²) in [6.45, 7) is 6.38. The fourth-order valence-electron chi connectivity index (χ4n) is 1.55. The van der Waals surface area contributed by atoms with Crippen LogP contribution in [0.2, 0.25) is 0 Å². The van der Waals surface area contributed by atoms with Crippen LogP contribution in [0.1, 0.15) is 32.5 Å². The summed E-state index contributed by atoms with van der Waals surface area (Å²) in [4.78, 5) is 4.52. The van der Waals surface area contributed by atoms with E-state index in [9.17, 15) is 0 Å². The van der Waals surface area contributed by atoms with Crippen LogP contribution in [0.4, 0.5) is 0 Å². The molecule has 2 N–H and O–H groups in total. The summed E-state index contributed by atoms with van der Waals surface area (Å²) in [5.41, 5.74) is 8.10. The number of pyridine rings is 1. The molecule has 0 aliphatic carbocycles. The van der Waals surface area contributed by atoms with E-state index in [0.717, 1.165) is 11.3 Å². The topological polar surface area (TPSA) is 43.3 Å². The van der Waals surface area contributed by atoms with Crippen molar-refractivity contribution in [1.82, 2.24) is 9.38 Å². The third-order valence-electron chi connectivity index (χ3n) is 2.63. The Morgan fingerprint density at radius 1 is 1.24 bits per heavy atom. The van der Waals surface area contributed by atoms with Crippen LogP contribution in [0.15, 0.2) is 30.6 Å². The molecule has 0 saturated carbocycles. The van der Waals surface area contributed by atoms with E-state index in [-0.39, 0.29) is 36.3 Å². The van der Waals surface area contributed by atoms with E-state index in [4.69, 9.17) is 5.73 Å². The summed E-state index contributed by atoms with van der Waals surface area (Å²) in [6.07, 6.45) is 3.99. The monoisotopic (exact) mass is 275 g/mol. The molecule has 0 aromatic carbocycles. The van der Waals surface area contributed by atoms with Crippen molar-refractivity contribution in [1.29, 1.82) is 0 Å². The molecule has 2 aromatic heterocycles. The Bertz CT molecular complexity index is 441. The smallest absolute Gasteiger partial charge is 0.137 e. The van der Waals surface area contributed by atoms with Crippen molar-refractivity contribution in [2.24, 2.45) is 11.1 Å². The van der Waals surface area contributed by atoms with Gasteiger partial charge in [0.25, 0.3) is 0 Å². The second-order valence-electron chi connectivity index (χ2n) is 4.98. The summed E-state index contributed by atoms with van der Waals surface area (Å²) in [5.74, 6) is 0. The van der Waals surface area contributed by atoms with Crippen molar-refractivity contribution in [2.45, 2.75) is 26.8 Å². The van der Waals surface area contributed by atoms with Gasteiger partial charge in [-0.1, -0.05) is 26.8 Å². The molecule has 0 spiro atoms. The fraction of sp³-hybridized carbons (Fsp3) is 0.417. The second-order valence-corrected chi connectivity index (χ2v) is 4.98. The molecule has 0 bridgehead atoms. The van der Waals surface area contributed by atoms with Crippen LogP contribution < -0.4 is 5.73 Å². The van der Waals surface area contributed by atoms with Gasteiger partial charge < -0.3 is 10.1 Å². The molecule has 0 unspecified atom stereocenters. The number of halogens is 2. The number of nitrogens with two attached hydrogens (primary N) is 1. The van der Waals surface area contributed by atoms with Gasteiger partial charge in [-0.25, -0.2) is 4.98 Å². The maximum Gasteiger partial charge on any atom is 0.137 e. The average molecular weight is 276 g/mol. The SMILES string of the molecule is CC(C)(C)[C@@H](N)c1cn2ccccc2n1.Cl.Cl. The third kappa shape index (κ3) is 3.35. The molecule has 1 atom stereocenters. The molecule has 17 heavy (non-hydrogen) atoms. The van der Waals surface area contributed by atoms with Gasteiger partial charge >= 0.3 is 0 Å². The summed E-state index contributed by atoms with van der Waals surface area (Å²) >= 11 is 0. The third-order valence-corrected chi connectivity index (χ3v) is 2.63. The Kier molecular flexibility index (Phi) is 5.46. The van der Waals surface area contributed by atoms with Crippen molar-refractivity contribution >= 4 is 30.5 Å². The van der Waals surface area contributed by atoms with Crippen LogP contribution in [-0.4, -0.2) is 9.38 Å². The lowest BCUT2D eigenvalue weighted by Gasteiger charge is -2.25. The molecule has 0 amide bonds. The van der Waals surface area contributed by atoms with Crippen molar-refractivity contribution in [3.8, 4) is 0 Å². The Hall–Kier alpha value is -0.770. The summed E-state index contributed by atoms with van der Waals surface area (Å²) < 4.78 is 2.00. The maximum absolute atomic E-state index is 6.16. The standard InChI is InChI=1S/C12H17N3.2ClH/c1-12(2,3)11(13)9-8-15-7-5-4-6-10(15)14-9;;/h4-8,11H,13H2,1-3H3;2*1H/t11-;;/m0../s1. The van der Waals surface area contributed by atoms with E-state index >= 15 is 0 Å². The van der Waals surface area contributed by atoms with Gasteiger partial charge in [0, 0.05) is 12.4 Å². The van der Waals surface area contributed by atoms with Crippen LogP contribution in [0, 0.1) is 5.41 Å². The van der Waals surface area contributed by atoms with Gasteiger partial charge in [-0.2, -0.15) is 0 Å². The molecule has 0 aliphatic heterocycles. The zero-order chi connectivity index (χ0) is 11.1. The van der Waals surface area contributed by atoms with Crippen LogP contribution in [0.5, 0.6) is 0 Å². The molecule has 2 heterocycles. The number of aromatic nitrogens is 2. The number of hydrogen-bond acceptors (Lipinski definition) is 2. The Morgan fingerprint density at radius 2 is 1.88 bits per heavy atom. The molecule has 5 heteroatoms. The highest BCUT2D eigenvalue weighted by Gasteiger charge is 2.24. The molecule has 3 nitrogen and oxygen atoms in total. The van der Waals surface area contributed by atoms with E-state index in [0.29, 0.717) is 0 Å². The lowest BCUT2D eigenvalue weighted by atomic mass is 9.86. The highest BCUT2D eigenvalue weighted by molar-refractivity contribution is 5.85. The highest BCUT2D eigenvalue weighted by Crippen LogP contribution is 2.29. The van der Waals surface area contributed by atoms with Gasteiger partial charge in [0.1, 0.15) is 5.65 Å². The molecule has 2 rings (SSSR count). The molecule has 0 aliphatic rings. The van der Waals surface area contributed by atoms with E-state index in [1.54, 1.807) is 0 Å². The van der Waals surface area contributed by atoms with Gasteiger partial charge in [-0.05, 0) is 17.5 Å². The first-order valence-electron chi connectivity index (χ1n) is 5.18. The van der Waals surface area contributed by atoms with Gasteiger partial charge in [-0.3, -0.25) is 0 Å². The zero-order valence-electron chi connectivity index (χ0n) is 10.3. The summed E-state index contributed by atoms with van der Waals surface area (Å²) in [5, 5.41) is 0. The number of hydrogen-bond donors (Lipinski definition) is 1. The highest BCUT2D eigenvalue weighted by atomic mass is 35.5. The Labute approximate surface area is 114 Å². The lowest BCUT2D eigenvalue weighted by molar-refractivity contribution is 0.322. The molecular weight excluding hydrogens is 257 g/mol. The van der Waals surface area contributed by atoms with Gasteiger partial charge in [-0.15, -0.1) is 24.8 Å². The number of fused-ring (bicyclic) bond motifs is 1. The molecule has 2 aromatic rings. The first-order valence-corrected chi connectivity index (χ1v) is 5.18. The van der Waals surface area contributed by atoms with Gasteiger partial charge in [0.15, 0.2) is 0 Å². The molecular formula is C12H19Cl2N3. The fourth-order valence-corrected chi connectivity index (χ4v) is 1.55. The molecule has 0 radical (unpaired) electrons. The van der Waals surface area contributed by atoms with E-state index < -0.39 is 0 Å². The Balaban J connectivity index is 0.00000128. The minimum Gasteiger partial charge on any atom is -0.322 e. The van der Waals surface area contributed by atoms with Crippen LogP contribution in [-0.2, 0) is 0 Å². The first-order chi connectivity index (χ1) is 6.98. The van der Waals surface area contributed by atoms with Crippen molar-refractivity contribution in [3.63, 3.8) is 0 Å². The number of rotatable bonds is 1. The maximum atomic E-state index is 6.16.